The van der Waals surface area contributed by atoms with Crippen LogP contribution in [-0.2, 0) is 5.41 Å². The van der Waals surface area contributed by atoms with E-state index in [2.05, 4.69) is 47.6 Å². The summed E-state index contributed by atoms with van der Waals surface area (Å²) in [6.45, 7) is 7.67. The monoisotopic (exact) mass is 419 g/mol. The number of benzene rings is 1. The predicted octanol–water partition coefficient (Wildman–Crippen LogP) is 3.85. The van der Waals surface area contributed by atoms with E-state index in [0.29, 0.717) is 12.1 Å². The van der Waals surface area contributed by atoms with Crippen LogP contribution in [0.1, 0.15) is 57.9 Å². The Morgan fingerprint density at radius 2 is 2.00 bits per heavy atom. The van der Waals surface area contributed by atoms with E-state index >= 15 is 0 Å². The normalized spacial score (nSPS) is 26.6. The molecule has 0 spiro atoms. The number of hydrogen-bond donors (Lipinski definition) is 2. The molecule has 0 bridgehead atoms. The Morgan fingerprint density at radius 3 is 2.69 bits per heavy atom. The van der Waals surface area contributed by atoms with Crippen LogP contribution in [0.5, 0.6) is 11.5 Å². The molecule has 1 aromatic rings. The third kappa shape index (κ3) is 4.64. The van der Waals surface area contributed by atoms with E-state index in [-0.39, 0.29) is 5.41 Å². The van der Waals surface area contributed by atoms with Gasteiger partial charge in [-0.2, -0.15) is 0 Å². The van der Waals surface area contributed by atoms with E-state index in [1.807, 2.05) is 0 Å². The lowest BCUT2D eigenvalue weighted by molar-refractivity contribution is 0.144. The Kier molecular flexibility index (Phi) is 7.63. The zero-order chi connectivity index (χ0) is 20.9. The molecule has 3 rings (SSSR count). The van der Waals surface area contributed by atoms with Crippen LogP contribution in [0.15, 0.2) is 18.2 Å². The van der Waals surface area contributed by atoms with E-state index in [9.17, 15) is 0 Å². The molecular formula is C23H37N3O2S. The van der Waals surface area contributed by atoms with Crippen LogP contribution >= 0.6 is 12.2 Å². The van der Waals surface area contributed by atoms with Gasteiger partial charge in [-0.15, -0.1) is 0 Å². The van der Waals surface area contributed by atoms with Crippen molar-refractivity contribution in [3.05, 3.63) is 23.8 Å². The SMILES string of the molecule is CCCCNC(=S)N[C@@H]1CC[C@@]2(c3ccc(OC)c(OC)c3)CCN(CC)[C@H]2C1. The average Bonchev–Trinajstić information content (AvgIpc) is 3.12. The highest BCUT2D eigenvalue weighted by atomic mass is 32.1. The standard InChI is InChI=1S/C23H37N3O2S/c1-5-7-13-24-22(29)25-18-10-11-23(12-14-26(6-2)21(23)16-18)17-8-9-19(27-3)20(15-17)28-4/h8-9,15,18,21H,5-7,10-14,16H2,1-4H3,(H2,24,25,29)/t18-,21+,23+/m1/s1. The second kappa shape index (κ2) is 9.98. The zero-order valence-corrected chi connectivity index (χ0v) is 19.2. The first-order chi connectivity index (χ1) is 14.1. The number of likely N-dealkylation sites (tertiary alicyclic amines) is 1. The maximum atomic E-state index is 5.61. The summed E-state index contributed by atoms with van der Waals surface area (Å²) in [6.07, 6.45) is 6.96. The number of rotatable bonds is 8. The highest BCUT2D eigenvalue weighted by molar-refractivity contribution is 7.80. The Bertz CT molecular complexity index is 699. The van der Waals surface area contributed by atoms with Crippen molar-refractivity contribution >= 4 is 17.3 Å². The molecule has 2 aliphatic rings. The minimum absolute atomic E-state index is 0.186. The number of unbranched alkanes of at least 4 members (excludes halogenated alkanes) is 1. The topological polar surface area (TPSA) is 45.8 Å². The van der Waals surface area contributed by atoms with Crippen molar-refractivity contribution < 1.29 is 9.47 Å². The molecule has 1 aromatic carbocycles. The molecule has 6 heteroatoms. The summed E-state index contributed by atoms with van der Waals surface area (Å²) in [4.78, 5) is 2.65. The Balaban J connectivity index is 1.77. The summed E-state index contributed by atoms with van der Waals surface area (Å²) >= 11 is 5.54. The summed E-state index contributed by atoms with van der Waals surface area (Å²) in [5.74, 6) is 1.63. The lowest BCUT2D eigenvalue weighted by Gasteiger charge is -2.45. The van der Waals surface area contributed by atoms with Crippen LogP contribution < -0.4 is 20.1 Å². The third-order valence-electron chi connectivity index (χ3n) is 6.89. The van der Waals surface area contributed by atoms with Gasteiger partial charge in [0.25, 0.3) is 0 Å². The number of hydrogen-bond acceptors (Lipinski definition) is 4. The van der Waals surface area contributed by atoms with Gasteiger partial charge >= 0.3 is 0 Å². The van der Waals surface area contributed by atoms with Crippen molar-refractivity contribution in [3.8, 4) is 11.5 Å². The Morgan fingerprint density at radius 1 is 1.21 bits per heavy atom. The summed E-state index contributed by atoms with van der Waals surface area (Å²) in [6, 6.07) is 7.47. The molecule has 1 saturated heterocycles. The van der Waals surface area contributed by atoms with Gasteiger partial charge in [0.05, 0.1) is 14.2 Å². The highest BCUT2D eigenvalue weighted by Crippen LogP contribution is 2.50. The Hall–Kier alpha value is -1.53. The zero-order valence-electron chi connectivity index (χ0n) is 18.4. The molecule has 1 heterocycles. The number of ether oxygens (including phenoxy) is 2. The van der Waals surface area contributed by atoms with Gasteiger partial charge < -0.3 is 20.1 Å². The fourth-order valence-corrected chi connectivity index (χ4v) is 5.52. The van der Waals surface area contributed by atoms with Crippen molar-refractivity contribution in [1.82, 2.24) is 15.5 Å². The average molecular weight is 420 g/mol. The minimum Gasteiger partial charge on any atom is -0.493 e. The van der Waals surface area contributed by atoms with Gasteiger partial charge in [-0.1, -0.05) is 26.3 Å². The molecule has 1 saturated carbocycles. The molecule has 0 unspecified atom stereocenters. The van der Waals surface area contributed by atoms with Crippen LogP contribution in [0.3, 0.4) is 0 Å². The number of nitrogens with one attached hydrogen (secondary N) is 2. The first-order valence-electron chi connectivity index (χ1n) is 11.1. The molecule has 1 aliphatic carbocycles. The molecule has 2 N–H and O–H groups in total. The summed E-state index contributed by atoms with van der Waals surface area (Å²) in [7, 11) is 3.42. The molecule has 0 radical (unpaired) electrons. The first kappa shape index (κ1) is 22.2. The quantitative estimate of drug-likeness (QED) is 0.493. The number of likely N-dealkylation sites (N-methyl/N-ethyl adjacent to an activating group) is 1. The number of methoxy groups -OCH3 is 2. The molecule has 2 fully saturated rings. The van der Waals surface area contributed by atoms with Gasteiger partial charge in [0.15, 0.2) is 16.6 Å². The van der Waals surface area contributed by atoms with Gasteiger partial charge in [-0.3, -0.25) is 4.90 Å². The van der Waals surface area contributed by atoms with Crippen molar-refractivity contribution in [2.75, 3.05) is 33.9 Å². The van der Waals surface area contributed by atoms with E-state index in [4.69, 9.17) is 21.7 Å². The second-order valence-corrected chi connectivity index (χ2v) is 8.75. The van der Waals surface area contributed by atoms with E-state index in [1.54, 1.807) is 14.2 Å². The summed E-state index contributed by atoms with van der Waals surface area (Å²) in [5.41, 5.74) is 1.57. The van der Waals surface area contributed by atoms with Crippen molar-refractivity contribution in [3.63, 3.8) is 0 Å². The molecule has 1 aliphatic heterocycles. The highest BCUT2D eigenvalue weighted by Gasteiger charge is 2.51. The van der Waals surface area contributed by atoms with Crippen molar-refractivity contribution in [2.24, 2.45) is 0 Å². The fourth-order valence-electron chi connectivity index (χ4n) is 5.25. The fraction of sp³-hybridized carbons (Fsp3) is 0.696. The molecule has 0 aromatic heterocycles. The van der Waals surface area contributed by atoms with Crippen LogP contribution in [0.4, 0.5) is 0 Å². The smallest absolute Gasteiger partial charge is 0.166 e. The Labute approximate surface area is 181 Å². The first-order valence-corrected chi connectivity index (χ1v) is 11.5. The lowest BCUT2D eigenvalue weighted by Crippen LogP contribution is -2.53. The number of thiocarbonyl (C=S) groups is 1. The molecule has 29 heavy (non-hydrogen) atoms. The van der Waals surface area contributed by atoms with Crippen molar-refractivity contribution in [1.29, 1.82) is 0 Å². The summed E-state index contributed by atoms with van der Waals surface area (Å²) in [5, 5.41) is 7.76. The van der Waals surface area contributed by atoms with Gasteiger partial charge in [0, 0.05) is 24.0 Å². The van der Waals surface area contributed by atoms with Gasteiger partial charge in [-0.25, -0.2) is 0 Å². The molecule has 3 atom stereocenters. The second-order valence-electron chi connectivity index (χ2n) is 8.35. The van der Waals surface area contributed by atoms with Gasteiger partial charge in [0.2, 0.25) is 0 Å². The number of fused-ring (bicyclic) bond motifs is 1. The van der Waals surface area contributed by atoms with Gasteiger partial charge in [-0.05, 0) is 75.1 Å². The van der Waals surface area contributed by atoms with E-state index in [1.165, 1.54) is 24.8 Å². The molecule has 5 nitrogen and oxygen atoms in total. The molecular weight excluding hydrogens is 382 g/mol. The number of nitrogens with zero attached hydrogens (tertiary/aromatic N) is 1. The minimum atomic E-state index is 0.186. The van der Waals surface area contributed by atoms with Crippen LogP contribution in [0.2, 0.25) is 0 Å². The van der Waals surface area contributed by atoms with Crippen molar-refractivity contribution in [2.45, 2.75) is 69.9 Å². The van der Waals surface area contributed by atoms with E-state index < -0.39 is 0 Å². The lowest BCUT2D eigenvalue weighted by atomic mass is 9.65. The van der Waals surface area contributed by atoms with Gasteiger partial charge in [0.1, 0.15) is 0 Å². The van der Waals surface area contributed by atoms with E-state index in [0.717, 1.165) is 55.5 Å². The molecule has 0 amide bonds. The maximum absolute atomic E-state index is 5.61. The van der Waals surface area contributed by atoms with Crippen LogP contribution in [0, 0.1) is 0 Å². The van der Waals surface area contributed by atoms with Crippen LogP contribution in [0.25, 0.3) is 0 Å². The van der Waals surface area contributed by atoms with Crippen LogP contribution in [-0.4, -0.2) is 55.9 Å². The third-order valence-corrected chi connectivity index (χ3v) is 7.15. The predicted molar refractivity (Wildman–Crippen MR) is 123 cm³/mol. The molecule has 162 valence electrons. The maximum Gasteiger partial charge on any atom is 0.166 e. The summed E-state index contributed by atoms with van der Waals surface area (Å²) < 4.78 is 11.1. The largest absolute Gasteiger partial charge is 0.493 e.